The molecule has 0 aromatic rings. The highest BCUT2D eigenvalue weighted by Crippen LogP contribution is 2.04. The number of nitrogens with two attached hydrogens (primary N) is 1. The molecule has 0 aromatic heterocycles. The highest BCUT2D eigenvalue weighted by Gasteiger charge is 1.99. The molecule has 144 valence electrons. The van der Waals surface area contributed by atoms with E-state index in [1.165, 1.54) is 38.5 Å². The van der Waals surface area contributed by atoms with Crippen molar-refractivity contribution >= 4 is 0 Å². The van der Waals surface area contributed by atoms with Gasteiger partial charge in [-0.3, -0.25) is 0 Å². The Bertz CT molecular complexity index is 368. The van der Waals surface area contributed by atoms with E-state index in [9.17, 15) is 0 Å². The summed E-state index contributed by atoms with van der Waals surface area (Å²) in [5, 5.41) is 0. The molecule has 0 amide bonds. The molecule has 0 aliphatic rings. The predicted octanol–water partition coefficient (Wildman–Crippen LogP) is 6.50. The number of hydrogen-bond acceptors (Lipinski definition) is 2. The number of allylic oxidation sites excluding steroid dienone is 8. The van der Waals surface area contributed by atoms with Crippen LogP contribution in [0.2, 0.25) is 0 Å². The van der Waals surface area contributed by atoms with Gasteiger partial charge in [0.2, 0.25) is 0 Å². The average molecular weight is 348 g/mol. The van der Waals surface area contributed by atoms with Crippen LogP contribution in [-0.4, -0.2) is 19.8 Å². The minimum atomic E-state index is 0.196. The Hall–Kier alpha value is -1.12. The molecule has 2 heteroatoms. The highest BCUT2D eigenvalue weighted by atomic mass is 16.5. The summed E-state index contributed by atoms with van der Waals surface area (Å²) in [6.45, 7) is 2.92. The van der Waals surface area contributed by atoms with Gasteiger partial charge in [-0.05, 0) is 51.4 Å². The van der Waals surface area contributed by atoms with Crippen molar-refractivity contribution in [3.05, 3.63) is 48.6 Å². The first kappa shape index (κ1) is 23.9. The molecule has 2 nitrogen and oxygen atoms in total. The van der Waals surface area contributed by atoms with Gasteiger partial charge in [0.25, 0.3) is 0 Å². The van der Waals surface area contributed by atoms with Gasteiger partial charge in [0.1, 0.15) is 0 Å². The fraction of sp³-hybridized carbons (Fsp3) is 0.652. The zero-order valence-corrected chi connectivity index (χ0v) is 16.7. The summed E-state index contributed by atoms with van der Waals surface area (Å²) in [6.07, 6.45) is 31.1. The normalized spacial score (nSPS) is 13.9. The second-order valence-electron chi connectivity index (χ2n) is 6.59. The van der Waals surface area contributed by atoms with Gasteiger partial charge in [0, 0.05) is 13.2 Å². The molecule has 2 N–H and O–H groups in total. The Morgan fingerprint density at radius 2 is 1.20 bits per heavy atom. The number of rotatable bonds is 17. The summed E-state index contributed by atoms with van der Waals surface area (Å²) < 4.78 is 5.04. The maximum absolute atomic E-state index is 5.89. The standard InChI is InChI=1S/C23H41NO/c1-3-4-5-6-7-8-9-10-11-12-13-14-15-16-17-18-19-20-21-23(24)22-25-2/h7-8,10-11,13-14,16-17,23H,3-6,9,12,15,18-22,24H2,1-2H3/b8-7-,11-10-,14-13-,17-16-. The second-order valence-corrected chi connectivity index (χ2v) is 6.59. The molecule has 1 unspecified atom stereocenters. The average Bonchev–Trinajstić information content (AvgIpc) is 2.61. The minimum Gasteiger partial charge on any atom is -0.383 e. The van der Waals surface area contributed by atoms with Crippen LogP contribution in [0.3, 0.4) is 0 Å². The van der Waals surface area contributed by atoms with Gasteiger partial charge in [-0.15, -0.1) is 0 Å². The van der Waals surface area contributed by atoms with E-state index in [1.807, 2.05) is 0 Å². The van der Waals surface area contributed by atoms with Crippen molar-refractivity contribution in [3.8, 4) is 0 Å². The molecule has 0 saturated heterocycles. The van der Waals surface area contributed by atoms with Crippen molar-refractivity contribution in [2.45, 2.75) is 83.6 Å². The maximum Gasteiger partial charge on any atom is 0.0613 e. The summed E-state index contributed by atoms with van der Waals surface area (Å²) >= 11 is 0. The van der Waals surface area contributed by atoms with Crippen LogP contribution in [0.5, 0.6) is 0 Å². The Morgan fingerprint density at radius 1 is 0.720 bits per heavy atom. The SMILES string of the molecule is CCCCC/C=C\C/C=C\C/C=C\C/C=C\CCCCC(N)COC. The molecule has 0 rings (SSSR count). The lowest BCUT2D eigenvalue weighted by Gasteiger charge is -2.08. The first-order valence-electron chi connectivity index (χ1n) is 10.2. The van der Waals surface area contributed by atoms with Crippen LogP contribution in [0.25, 0.3) is 0 Å². The maximum atomic E-state index is 5.89. The highest BCUT2D eigenvalue weighted by molar-refractivity contribution is 4.99. The Labute approximate surface area is 156 Å². The van der Waals surface area contributed by atoms with Gasteiger partial charge in [0.05, 0.1) is 6.61 Å². The van der Waals surface area contributed by atoms with Crippen LogP contribution in [0.4, 0.5) is 0 Å². The molecular formula is C23H41NO. The van der Waals surface area contributed by atoms with Crippen molar-refractivity contribution in [1.29, 1.82) is 0 Å². The molecule has 25 heavy (non-hydrogen) atoms. The number of hydrogen-bond donors (Lipinski definition) is 1. The lowest BCUT2D eigenvalue weighted by atomic mass is 10.1. The fourth-order valence-corrected chi connectivity index (χ4v) is 2.53. The van der Waals surface area contributed by atoms with Gasteiger partial charge in [-0.1, -0.05) is 74.8 Å². The van der Waals surface area contributed by atoms with Crippen LogP contribution in [0.15, 0.2) is 48.6 Å². The summed E-state index contributed by atoms with van der Waals surface area (Å²) in [5.74, 6) is 0. The zero-order chi connectivity index (χ0) is 18.4. The van der Waals surface area contributed by atoms with Gasteiger partial charge in [-0.2, -0.15) is 0 Å². The second kappa shape index (κ2) is 20.9. The lowest BCUT2D eigenvalue weighted by Crippen LogP contribution is -2.25. The Balaban J connectivity index is 3.40. The third kappa shape index (κ3) is 20.8. The van der Waals surface area contributed by atoms with Crippen molar-refractivity contribution in [1.82, 2.24) is 0 Å². The molecule has 0 radical (unpaired) electrons. The van der Waals surface area contributed by atoms with E-state index < -0.39 is 0 Å². The van der Waals surface area contributed by atoms with Gasteiger partial charge in [0.15, 0.2) is 0 Å². The molecule has 0 aromatic carbocycles. The lowest BCUT2D eigenvalue weighted by molar-refractivity contribution is 0.176. The van der Waals surface area contributed by atoms with Crippen molar-refractivity contribution in [3.63, 3.8) is 0 Å². The van der Waals surface area contributed by atoms with Gasteiger partial charge >= 0.3 is 0 Å². The summed E-state index contributed by atoms with van der Waals surface area (Å²) in [6, 6.07) is 0.196. The third-order valence-corrected chi connectivity index (χ3v) is 4.03. The molecule has 0 saturated carbocycles. The van der Waals surface area contributed by atoms with Crippen molar-refractivity contribution < 1.29 is 4.74 Å². The van der Waals surface area contributed by atoms with E-state index in [2.05, 4.69) is 55.5 Å². The molecule has 0 aliphatic heterocycles. The number of unbranched alkanes of at least 4 members (excludes halogenated alkanes) is 5. The monoisotopic (exact) mass is 347 g/mol. The molecule has 0 aliphatic carbocycles. The zero-order valence-electron chi connectivity index (χ0n) is 16.7. The van der Waals surface area contributed by atoms with E-state index in [1.54, 1.807) is 7.11 Å². The summed E-state index contributed by atoms with van der Waals surface area (Å²) in [5.41, 5.74) is 5.89. The van der Waals surface area contributed by atoms with Gasteiger partial charge in [-0.25, -0.2) is 0 Å². The van der Waals surface area contributed by atoms with E-state index >= 15 is 0 Å². The van der Waals surface area contributed by atoms with Crippen molar-refractivity contribution in [2.24, 2.45) is 5.73 Å². The van der Waals surface area contributed by atoms with Crippen LogP contribution in [0, 0.1) is 0 Å². The van der Waals surface area contributed by atoms with E-state index in [0.29, 0.717) is 6.61 Å². The van der Waals surface area contributed by atoms with Crippen LogP contribution in [-0.2, 0) is 4.74 Å². The van der Waals surface area contributed by atoms with E-state index in [4.69, 9.17) is 10.5 Å². The molecule has 0 bridgehead atoms. The van der Waals surface area contributed by atoms with Crippen LogP contribution >= 0.6 is 0 Å². The molecule has 0 heterocycles. The number of methoxy groups -OCH3 is 1. The first-order valence-corrected chi connectivity index (χ1v) is 10.2. The molecule has 0 spiro atoms. The fourth-order valence-electron chi connectivity index (χ4n) is 2.53. The smallest absolute Gasteiger partial charge is 0.0613 e. The van der Waals surface area contributed by atoms with Crippen LogP contribution in [0.1, 0.15) is 77.6 Å². The van der Waals surface area contributed by atoms with E-state index in [-0.39, 0.29) is 6.04 Å². The Kier molecular flexibility index (Phi) is 20.0. The quantitative estimate of drug-likeness (QED) is 0.241. The molecule has 0 fully saturated rings. The first-order chi connectivity index (χ1) is 12.3. The summed E-state index contributed by atoms with van der Waals surface area (Å²) in [7, 11) is 1.71. The Morgan fingerprint density at radius 3 is 1.68 bits per heavy atom. The van der Waals surface area contributed by atoms with Crippen molar-refractivity contribution in [2.75, 3.05) is 13.7 Å². The number of ether oxygens (including phenoxy) is 1. The topological polar surface area (TPSA) is 35.2 Å². The summed E-state index contributed by atoms with van der Waals surface area (Å²) in [4.78, 5) is 0. The minimum absolute atomic E-state index is 0.196. The molecular weight excluding hydrogens is 306 g/mol. The van der Waals surface area contributed by atoms with Gasteiger partial charge < -0.3 is 10.5 Å². The van der Waals surface area contributed by atoms with Crippen LogP contribution < -0.4 is 5.73 Å². The predicted molar refractivity (Wildman–Crippen MR) is 113 cm³/mol. The third-order valence-electron chi connectivity index (χ3n) is 4.03. The van der Waals surface area contributed by atoms with E-state index in [0.717, 1.165) is 32.1 Å². The molecule has 1 atom stereocenters. The largest absolute Gasteiger partial charge is 0.383 e.